The number of aryl methyl sites for hydroxylation is 1. The minimum absolute atomic E-state index is 0.0389. The van der Waals surface area contributed by atoms with Crippen molar-refractivity contribution in [1.29, 1.82) is 0 Å². The van der Waals surface area contributed by atoms with E-state index in [2.05, 4.69) is 11.8 Å². The Labute approximate surface area is 174 Å². The van der Waals surface area contributed by atoms with E-state index in [1.807, 2.05) is 19.9 Å². The lowest BCUT2D eigenvalue weighted by Gasteiger charge is -2.11. The van der Waals surface area contributed by atoms with Crippen molar-refractivity contribution in [1.82, 2.24) is 0 Å². The molecule has 0 saturated heterocycles. The number of carbonyl (C=O) groups is 1. The van der Waals surface area contributed by atoms with Gasteiger partial charge in [0, 0.05) is 11.1 Å². The first-order valence-electron chi connectivity index (χ1n) is 9.10. The minimum Gasteiger partial charge on any atom is -0.478 e. The van der Waals surface area contributed by atoms with E-state index in [1.54, 1.807) is 12.1 Å². The maximum absolute atomic E-state index is 13.2. The zero-order valence-electron chi connectivity index (χ0n) is 16.4. The van der Waals surface area contributed by atoms with Gasteiger partial charge in [-0.3, -0.25) is 0 Å². The molecule has 0 saturated carbocycles. The van der Waals surface area contributed by atoms with Crippen molar-refractivity contribution < 1.29 is 22.7 Å². The molecule has 0 spiro atoms. The summed E-state index contributed by atoms with van der Waals surface area (Å²) in [5.41, 5.74) is 3.06. The lowest BCUT2D eigenvalue weighted by atomic mass is 10.1. The summed E-state index contributed by atoms with van der Waals surface area (Å²) in [6.07, 6.45) is 0. The average Bonchev–Trinajstić information content (AvgIpc) is 2.70. The quantitative estimate of drug-likeness (QED) is 0.628. The van der Waals surface area contributed by atoms with E-state index in [-0.39, 0.29) is 21.8 Å². The lowest BCUT2D eigenvalue weighted by molar-refractivity contribution is 0.0696. The van der Waals surface area contributed by atoms with E-state index in [0.29, 0.717) is 11.1 Å². The fourth-order valence-corrected chi connectivity index (χ4v) is 4.55. The Balaban J connectivity index is 2.08. The summed E-state index contributed by atoms with van der Waals surface area (Å²) in [5, 5.41) is 9.28. The second-order valence-electron chi connectivity index (χ2n) is 6.89. The Bertz CT molecular complexity index is 1280. The maximum Gasteiger partial charge on any atom is 0.335 e. The first-order chi connectivity index (χ1) is 14.2. The van der Waals surface area contributed by atoms with Gasteiger partial charge in [-0.25, -0.2) is 17.6 Å². The summed E-state index contributed by atoms with van der Waals surface area (Å²) < 4.78 is 39.4. The molecule has 0 radical (unpaired) electrons. The van der Waals surface area contributed by atoms with Crippen molar-refractivity contribution >= 4 is 15.8 Å². The van der Waals surface area contributed by atoms with Gasteiger partial charge in [0.15, 0.2) is 9.84 Å². The molecular formula is C24H19FO4S. The van der Waals surface area contributed by atoms with Crippen LogP contribution in [0.5, 0.6) is 0 Å². The third-order valence-electron chi connectivity index (χ3n) is 4.81. The van der Waals surface area contributed by atoms with Gasteiger partial charge in [0.25, 0.3) is 0 Å². The molecule has 0 heterocycles. The zero-order valence-corrected chi connectivity index (χ0v) is 17.3. The fraction of sp³-hybridized carbons (Fsp3) is 0.125. The third-order valence-corrected chi connectivity index (χ3v) is 6.53. The van der Waals surface area contributed by atoms with Gasteiger partial charge in [0.2, 0.25) is 0 Å². The molecule has 3 aromatic rings. The summed E-state index contributed by atoms with van der Waals surface area (Å²) in [4.78, 5) is 11.3. The molecule has 0 aliphatic carbocycles. The summed E-state index contributed by atoms with van der Waals surface area (Å²) in [7, 11) is -3.79. The Morgan fingerprint density at radius 3 is 2.37 bits per heavy atom. The molecule has 0 bridgehead atoms. The molecule has 0 fully saturated rings. The number of carboxylic acid groups (broad SMARTS) is 1. The SMILES string of the molecule is Cc1cccc(CS(=O)(=O)c2ccc(C(=O)O)cc2C#Cc2ccc(F)cc2)c1C. The van der Waals surface area contributed by atoms with E-state index < -0.39 is 21.6 Å². The van der Waals surface area contributed by atoms with E-state index in [0.717, 1.165) is 11.1 Å². The average molecular weight is 422 g/mol. The van der Waals surface area contributed by atoms with Crippen molar-refractivity contribution in [3.05, 3.63) is 99.9 Å². The van der Waals surface area contributed by atoms with Crippen molar-refractivity contribution in [2.24, 2.45) is 0 Å². The molecule has 0 aromatic heterocycles. The Hall–Kier alpha value is -3.43. The van der Waals surface area contributed by atoms with E-state index in [9.17, 15) is 22.7 Å². The molecule has 6 heteroatoms. The van der Waals surface area contributed by atoms with E-state index in [4.69, 9.17) is 0 Å². The van der Waals surface area contributed by atoms with Gasteiger partial charge in [-0.2, -0.15) is 0 Å². The van der Waals surface area contributed by atoms with Crippen LogP contribution >= 0.6 is 0 Å². The molecule has 152 valence electrons. The normalized spacial score (nSPS) is 10.9. The van der Waals surface area contributed by atoms with Crippen molar-refractivity contribution in [2.75, 3.05) is 0 Å². The van der Waals surface area contributed by atoms with Crippen LogP contribution in [-0.2, 0) is 15.6 Å². The number of aromatic carboxylic acids is 1. The summed E-state index contributed by atoms with van der Waals surface area (Å²) in [5.74, 6) is 3.71. The van der Waals surface area contributed by atoms with E-state index >= 15 is 0 Å². The van der Waals surface area contributed by atoms with Crippen LogP contribution in [0.4, 0.5) is 4.39 Å². The van der Waals surface area contributed by atoms with Crippen LogP contribution in [0.1, 0.15) is 38.2 Å². The summed E-state index contributed by atoms with van der Waals surface area (Å²) in [6, 6.07) is 14.7. The number of benzene rings is 3. The molecule has 0 amide bonds. The van der Waals surface area contributed by atoms with Crippen LogP contribution in [0.3, 0.4) is 0 Å². The molecule has 0 unspecified atom stereocenters. The molecule has 0 atom stereocenters. The number of carboxylic acids is 1. The van der Waals surface area contributed by atoms with Crippen LogP contribution in [0.25, 0.3) is 0 Å². The number of hydrogen-bond acceptors (Lipinski definition) is 3. The maximum atomic E-state index is 13.2. The molecule has 3 rings (SSSR count). The van der Waals surface area contributed by atoms with Crippen molar-refractivity contribution in [3.63, 3.8) is 0 Å². The van der Waals surface area contributed by atoms with Crippen molar-refractivity contribution in [3.8, 4) is 11.8 Å². The minimum atomic E-state index is -3.79. The zero-order chi connectivity index (χ0) is 21.9. The van der Waals surface area contributed by atoms with Crippen LogP contribution in [0.15, 0.2) is 65.6 Å². The number of hydrogen-bond donors (Lipinski definition) is 1. The first kappa shape index (κ1) is 21.3. The van der Waals surface area contributed by atoms with Gasteiger partial charge in [-0.05, 0) is 73.0 Å². The highest BCUT2D eigenvalue weighted by molar-refractivity contribution is 7.90. The molecular weight excluding hydrogens is 403 g/mol. The van der Waals surface area contributed by atoms with Crippen LogP contribution in [0.2, 0.25) is 0 Å². The second kappa shape index (κ2) is 8.52. The summed E-state index contributed by atoms with van der Waals surface area (Å²) in [6.45, 7) is 3.77. The molecule has 4 nitrogen and oxygen atoms in total. The standard InChI is InChI=1S/C24H19FO4S/c1-16-4-3-5-21(17(16)2)15-30(28,29)23-13-10-20(24(26)27)14-19(23)9-6-18-7-11-22(25)12-8-18/h3-5,7-8,10-14H,15H2,1-2H3,(H,26,27). The van der Waals surface area contributed by atoms with Crippen LogP contribution < -0.4 is 0 Å². The van der Waals surface area contributed by atoms with Gasteiger partial charge < -0.3 is 5.11 Å². The van der Waals surface area contributed by atoms with Gasteiger partial charge in [0.1, 0.15) is 5.82 Å². The van der Waals surface area contributed by atoms with Gasteiger partial charge >= 0.3 is 5.97 Å². The van der Waals surface area contributed by atoms with Crippen LogP contribution in [0, 0.1) is 31.5 Å². The summed E-state index contributed by atoms with van der Waals surface area (Å²) >= 11 is 0. The highest BCUT2D eigenvalue weighted by Crippen LogP contribution is 2.24. The molecule has 0 aliphatic heterocycles. The van der Waals surface area contributed by atoms with Gasteiger partial charge in [-0.1, -0.05) is 30.0 Å². The molecule has 0 aliphatic rings. The van der Waals surface area contributed by atoms with E-state index in [1.165, 1.54) is 42.5 Å². The second-order valence-corrected chi connectivity index (χ2v) is 8.85. The predicted octanol–water partition coefficient (Wildman–Crippen LogP) is 4.51. The number of halogens is 1. The predicted molar refractivity (Wildman–Crippen MR) is 113 cm³/mol. The fourth-order valence-electron chi connectivity index (χ4n) is 2.96. The Morgan fingerprint density at radius 2 is 1.70 bits per heavy atom. The van der Waals surface area contributed by atoms with Crippen molar-refractivity contribution in [2.45, 2.75) is 24.5 Å². The first-order valence-corrected chi connectivity index (χ1v) is 10.8. The van der Waals surface area contributed by atoms with Gasteiger partial charge in [-0.15, -0.1) is 0 Å². The largest absolute Gasteiger partial charge is 0.478 e. The Kier molecular flexibility index (Phi) is 6.04. The number of rotatable bonds is 4. The molecule has 1 N–H and O–H groups in total. The molecule has 3 aromatic carbocycles. The highest BCUT2D eigenvalue weighted by atomic mass is 32.2. The van der Waals surface area contributed by atoms with Crippen LogP contribution in [-0.4, -0.2) is 19.5 Å². The third kappa shape index (κ3) is 4.76. The topological polar surface area (TPSA) is 71.4 Å². The smallest absolute Gasteiger partial charge is 0.335 e. The monoisotopic (exact) mass is 422 g/mol. The number of sulfone groups is 1. The molecule has 30 heavy (non-hydrogen) atoms. The Morgan fingerprint density at radius 1 is 1.00 bits per heavy atom. The lowest BCUT2D eigenvalue weighted by Crippen LogP contribution is -2.10. The highest BCUT2D eigenvalue weighted by Gasteiger charge is 2.21. The van der Waals surface area contributed by atoms with Gasteiger partial charge in [0.05, 0.1) is 16.2 Å².